The summed E-state index contributed by atoms with van der Waals surface area (Å²) < 4.78 is 2.09. The van der Waals surface area contributed by atoms with Gasteiger partial charge in [-0.2, -0.15) is 5.26 Å². The molecule has 4 rings (SSSR count). The van der Waals surface area contributed by atoms with Crippen molar-refractivity contribution < 1.29 is 4.79 Å². The Morgan fingerprint density at radius 1 is 1.19 bits per heavy atom. The Hall–Kier alpha value is -3.08. The van der Waals surface area contributed by atoms with Crippen LogP contribution in [0.1, 0.15) is 37.7 Å². The number of fused-ring (bicyclic) bond motifs is 1. The van der Waals surface area contributed by atoms with E-state index in [1.807, 2.05) is 62.5 Å². The molecule has 0 fully saturated rings. The normalized spacial score (nSPS) is 10.9. The van der Waals surface area contributed by atoms with Gasteiger partial charge < -0.3 is 4.90 Å². The van der Waals surface area contributed by atoms with E-state index in [0.29, 0.717) is 17.7 Å². The monoisotopic (exact) mass is 446 g/mol. The number of carbonyl (C=O) groups is 1. The summed E-state index contributed by atoms with van der Waals surface area (Å²) in [5.41, 5.74) is 4.46. The first-order valence-electron chi connectivity index (χ1n) is 9.86. The number of hydrogen-bond donors (Lipinski definition) is 0. The number of amides is 1. The first kappa shape index (κ1) is 21.2. The van der Waals surface area contributed by atoms with Gasteiger partial charge in [-0.1, -0.05) is 24.3 Å². The number of imidazole rings is 1. The maximum atomic E-state index is 13.3. The van der Waals surface area contributed by atoms with Gasteiger partial charge in [0.25, 0.3) is 5.91 Å². The molecule has 0 aliphatic heterocycles. The molecule has 4 aromatic rings. The fourth-order valence-electron chi connectivity index (χ4n) is 3.41. The molecule has 31 heavy (non-hydrogen) atoms. The van der Waals surface area contributed by atoms with Gasteiger partial charge in [0.05, 0.1) is 35.1 Å². The molecule has 2 aromatic carbocycles. The summed E-state index contributed by atoms with van der Waals surface area (Å²) in [6.07, 6.45) is 2.08. The van der Waals surface area contributed by atoms with Crippen molar-refractivity contribution in [2.24, 2.45) is 0 Å². The highest BCUT2D eigenvalue weighted by Crippen LogP contribution is 2.28. The Bertz CT molecular complexity index is 1280. The second kappa shape index (κ2) is 8.96. The number of aryl methyl sites for hydroxylation is 2. The highest BCUT2D eigenvalue weighted by atomic mass is 32.2. The van der Waals surface area contributed by atoms with E-state index in [-0.39, 0.29) is 5.91 Å². The molecule has 156 valence electrons. The topological polar surface area (TPSA) is 61.4 Å². The quantitative estimate of drug-likeness (QED) is 0.370. The van der Waals surface area contributed by atoms with Crippen LogP contribution in [0, 0.1) is 25.2 Å². The van der Waals surface area contributed by atoms with Crippen LogP contribution in [-0.2, 0) is 12.3 Å². The summed E-state index contributed by atoms with van der Waals surface area (Å²) in [6, 6.07) is 17.4. The van der Waals surface area contributed by atoms with E-state index in [9.17, 15) is 4.79 Å². The smallest absolute Gasteiger partial charge is 0.255 e. The maximum absolute atomic E-state index is 13.3. The molecule has 0 bridgehead atoms. The van der Waals surface area contributed by atoms with Crippen molar-refractivity contribution >= 4 is 34.0 Å². The van der Waals surface area contributed by atoms with Crippen LogP contribution in [-0.4, -0.2) is 27.2 Å². The molecule has 2 aromatic heterocycles. The van der Waals surface area contributed by atoms with E-state index in [4.69, 9.17) is 5.26 Å². The van der Waals surface area contributed by atoms with Crippen LogP contribution >= 0.6 is 23.1 Å². The number of thioether (sulfide) groups is 1. The van der Waals surface area contributed by atoms with Crippen molar-refractivity contribution in [1.29, 1.82) is 5.26 Å². The highest BCUT2D eigenvalue weighted by Gasteiger charge is 2.19. The summed E-state index contributed by atoms with van der Waals surface area (Å²) in [6.45, 7) is 4.55. The Morgan fingerprint density at radius 3 is 2.68 bits per heavy atom. The predicted octanol–water partition coefficient (Wildman–Crippen LogP) is 5.45. The largest absolute Gasteiger partial charge is 0.336 e. The Balaban J connectivity index is 1.51. The van der Waals surface area contributed by atoms with E-state index < -0.39 is 0 Å². The second-order valence-electron chi connectivity index (χ2n) is 7.39. The molecule has 0 saturated heterocycles. The predicted molar refractivity (Wildman–Crippen MR) is 126 cm³/mol. The number of thiazole rings is 1. The first-order chi connectivity index (χ1) is 15.0. The standard InChI is InChI=1S/C24H22N4OS2/c1-16-13-28-21(17(2)26-24(28)31-16)14-27(3)23(29)20-6-4-5-7-22(20)30-15-19-10-8-18(12-25)9-11-19/h4-11,13H,14-15H2,1-3H3. The van der Waals surface area contributed by atoms with E-state index in [1.165, 1.54) is 4.88 Å². The highest BCUT2D eigenvalue weighted by molar-refractivity contribution is 7.98. The van der Waals surface area contributed by atoms with Crippen LogP contribution in [0.3, 0.4) is 0 Å². The minimum absolute atomic E-state index is 0.00997. The first-order valence-corrected chi connectivity index (χ1v) is 11.7. The number of carbonyl (C=O) groups excluding carboxylic acids is 1. The number of benzene rings is 2. The molecule has 7 heteroatoms. The lowest BCUT2D eigenvalue weighted by Gasteiger charge is -2.19. The minimum atomic E-state index is -0.00997. The minimum Gasteiger partial charge on any atom is -0.336 e. The second-order valence-corrected chi connectivity index (χ2v) is 9.62. The van der Waals surface area contributed by atoms with Gasteiger partial charge in [-0.15, -0.1) is 23.1 Å². The van der Waals surface area contributed by atoms with Crippen molar-refractivity contribution in [3.05, 3.63) is 87.7 Å². The van der Waals surface area contributed by atoms with Crippen LogP contribution < -0.4 is 0 Å². The van der Waals surface area contributed by atoms with Crippen LogP contribution in [0.2, 0.25) is 0 Å². The van der Waals surface area contributed by atoms with Gasteiger partial charge in [0.2, 0.25) is 0 Å². The number of hydrogen-bond acceptors (Lipinski definition) is 5. The van der Waals surface area contributed by atoms with Crippen molar-refractivity contribution in [2.75, 3.05) is 7.05 Å². The summed E-state index contributed by atoms with van der Waals surface area (Å²) >= 11 is 3.29. The fourth-order valence-corrected chi connectivity index (χ4v) is 5.30. The fraction of sp³-hybridized carbons (Fsp3) is 0.208. The van der Waals surface area contributed by atoms with Gasteiger partial charge in [-0.05, 0) is 43.7 Å². The van der Waals surface area contributed by atoms with E-state index in [1.54, 1.807) is 28.0 Å². The van der Waals surface area contributed by atoms with Crippen LogP contribution in [0.4, 0.5) is 0 Å². The average molecular weight is 447 g/mol. The Labute approximate surface area is 190 Å². The third-order valence-electron chi connectivity index (χ3n) is 5.07. The van der Waals surface area contributed by atoms with Gasteiger partial charge in [0, 0.05) is 28.8 Å². The number of nitriles is 1. The van der Waals surface area contributed by atoms with E-state index in [2.05, 4.69) is 28.6 Å². The molecular formula is C24H22N4OS2. The van der Waals surface area contributed by atoms with Gasteiger partial charge in [-0.3, -0.25) is 9.20 Å². The van der Waals surface area contributed by atoms with Crippen molar-refractivity contribution in [1.82, 2.24) is 14.3 Å². The Morgan fingerprint density at radius 2 is 1.94 bits per heavy atom. The van der Waals surface area contributed by atoms with Crippen molar-refractivity contribution in [3.63, 3.8) is 0 Å². The molecule has 0 saturated carbocycles. The Kier molecular flexibility index (Phi) is 6.12. The molecule has 0 aliphatic rings. The summed E-state index contributed by atoms with van der Waals surface area (Å²) in [7, 11) is 1.84. The molecule has 0 unspecified atom stereocenters. The lowest BCUT2D eigenvalue weighted by Crippen LogP contribution is -2.27. The van der Waals surface area contributed by atoms with Gasteiger partial charge >= 0.3 is 0 Å². The lowest BCUT2D eigenvalue weighted by atomic mass is 10.2. The summed E-state index contributed by atoms with van der Waals surface area (Å²) in [5, 5.41) is 8.95. The van der Waals surface area contributed by atoms with Crippen molar-refractivity contribution in [2.45, 2.75) is 31.0 Å². The van der Waals surface area contributed by atoms with Crippen LogP contribution in [0.5, 0.6) is 0 Å². The molecule has 1 amide bonds. The zero-order valence-corrected chi connectivity index (χ0v) is 19.3. The third-order valence-corrected chi connectivity index (χ3v) is 7.11. The average Bonchev–Trinajstić information content (AvgIpc) is 3.27. The van der Waals surface area contributed by atoms with Gasteiger partial charge in [-0.25, -0.2) is 4.98 Å². The van der Waals surface area contributed by atoms with E-state index in [0.717, 1.165) is 32.6 Å². The molecule has 0 radical (unpaired) electrons. The van der Waals surface area contributed by atoms with Gasteiger partial charge in [0.1, 0.15) is 0 Å². The maximum Gasteiger partial charge on any atom is 0.255 e. The summed E-state index contributed by atoms with van der Waals surface area (Å²) in [5.74, 6) is 0.722. The molecular weight excluding hydrogens is 424 g/mol. The number of rotatable bonds is 6. The zero-order chi connectivity index (χ0) is 22.0. The SMILES string of the molecule is Cc1cn2c(CN(C)C(=O)c3ccccc3SCc3ccc(C#N)cc3)c(C)nc2s1. The van der Waals surface area contributed by atoms with Crippen LogP contribution in [0.15, 0.2) is 59.6 Å². The molecule has 2 heterocycles. The zero-order valence-electron chi connectivity index (χ0n) is 17.6. The third kappa shape index (κ3) is 4.50. The van der Waals surface area contributed by atoms with Gasteiger partial charge in [0.15, 0.2) is 4.96 Å². The number of nitrogens with zero attached hydrogens (tertiary/aromatic N) is 4. The van der Waals surface area contributed by atoms with Crippen LogP contribution in [0.25, 0.3) is 4.96 Å². The molecule has 0 aliphatic carbocycles. The molecule has 0 N–H and O–H groups in total. The lowest BCUT2D eigenvalue weighted by molar-refractivity contribution is 0.0779. The summed E-state index contributed by atoms with van der Waals surface area (Å²) in [4.78, 5) is 22.8. The molecule has 5 nitrogen and oxygen atoms in total. The number of aromatic nitrogens is 2. The van der Waals surface area contributed by atoms with E-state index >= 15 is 0 Å². The molecule has 0 atom stereocenters. The molecule has 0 spiro atoms. The van der Waals surface area contributed by atoms with Crippen molar-refractivity contribution in [3.8, 4) is 6.07 Å².